The molecule has 0 atom stereocenters. The molecule has 3 heterocycles. The number of nitrogens with one attached hydrogen (secondary N) is 1. The predicted octanol–water partition coefficient (Wildman–Crippen LogP) is 4.01. The van der Waals surface area contributed by atoms with Crippen LogP contribution in [-0.2, 0) is 11.2 Å². The molecule has 0 bridgehead atoms. The Morgan fingerprint density at radius 2 is 1.85 bits per heavy atom. The molecule has 3 aromatic rings. The zero-order valence-corrected chi connectivity index (χ0v) is 18.7. The monoisotopic (exact) mass is 456 g/mol. The summed E-state index contributed by atoms with van der Waals surface area (Å²) in [6.07, 6.45) is 3.52. The van der Waals surface area contributed by atoms with Crippen molar-refractivity contribution in [2.45, 2.75) is 25.8 Å². The van der Waals surface area contributed by atoms with Gasteiger partial charge in [0.1, 0.15) is 6.33 Å². The van der Waals surface area contributed by atoms with E-state index >= 15 is 0 Å². The standard InChI is InChI=1S/C24H28F2N6O.H2/c1-2-3-17-10-18(12-20(11-17)30-6-8-31(9-7-30)21-14-33-15-21)28-24-27-16-32(29-24)19-4-5-22(25)23(26)13-19;/h4-5,10-13,16,21H,2-3,6-9,14-15H2,1H3,(H,28,29);1H. The summed E-state index contributed by atoms with van der Waals surface area (Å²) in [6, 6.07) is 10.7. The Morgan fingerprint density at radius 1 is 1.03 bits per heavy atom. The largest absolute Gasteiger partial charge is 0.378 e. The van der Waals surface area contributed by atoms with Crippen molar-refractivity contribution < 1.29 is 14.9 Å². The SMILES string of the molecule is CCCc1cc(Nc2ncn(-c3ccc(F)c(F)c3)n2)cc(N2CCN(C3COC3)CC2)c1.[HH]. The molecule has 2 fully saturated rings. The Hall–Kier alpha value is -3.04. The Bertz CT molecular complexity index is 1110. The van der Waals surface area contributed by atoms with Crippen molar-refractivity contribution in [1.82, 2.24) is 19.7 Å². The molecule has 5 rings (SSSR count). The fraction of sp³-hybridized carbons (Fsp3) is 0.417. The highest BCUT2D eigenvalue weighted by molar-refractivity contribution is 5.64. The van der Waals surface area contributed by atoms with Gasteiger partial charge in [0.15, 0.2) is 11.6 Å². The van der Waals surface area contributed by atoms with Crippen LogP contribution >= 0.6 is 0 Å². The first-order chi connectivity index (χ1) is 16.1. The van der Waals surface area contributed by atoms with Crippen LogP contribution in [-0.4, -0.2) is 65.1 Å². The van der Waals surface area contributed by atoms with Crippen LogP contribution in [0.25, 0.3) is 5.69 Å². The van der Waals surface area contributed by atoms with Crippen LogP contribution in [0.2, 0.25) is 0 Å². The molecule has 1 N–H and O–H groups in total. The van der Waals surface area contributed by atoms with Gasteiger partial charge >= 0.3 is 0 Å². The number of piperazine rings is 1. The summed E-state index contributed by atoms with van der Waals surface area (Å²) in [5.74, 6) is -1.41. The summed E-state index contributed by atoms with van der Waals surface area (Å²) in [5.41, 5.74) is 3.76. The topological polar surface area (TPSA) is 58.5 Å². The number of rotatable bonds is 7. The summed E-state index contributed by atoms with van der Waals surface area (Å²) in [5, 5.41) is 7.66. The maximum absolute atomic E-state index is 13.6. The van der Waals surface area contributed by atoms with Crippen LogP contribution in [0.3, 0.4) is 0 Å². The van der Waals surface area contributed by atoms with Gasteiger partial charge in [-0.3, -0.25) is 4.90 Å². The zero-order valence-electron chi connectivity index (χ0n) is 18.7. The van der Waals surface area contributed by atoms with Gasteiger partial charge in [-0.1, -0.05) is 13.3 Å². The van der Waals surface area contributed by atoms with E-state index in [1.54, 1.807) is 0 Å². The molecule has 0 radical (unpaired) electrons. The van der Waals surface area contributed by atoms with Crippen LogP contribution in [0.4, 0.5) is 26.1 Å². The molecule has 33 heavy (non-hydrogen) atoms. The van der Waals surface area contributed by atoms with E-state index in [1.807, 2.05) is 0 Å². The van der Waals surface area contributed by atoms with Gasteiger partial charge in [0, 0.05) is 45.0 Å². The number of aromatic nitrogens is 3. The van der Waals surface area contributed by atoms with Gasteiger partial charge in [0.25, 0.3) is 0 Å². The van der Waals surface area contributed by atoms with Gasteiger partial charge < -0.3 is 15.0 Å². The fourth-order valence-electron chi connectivity index (χ4n) is 4.34. The van der Waals surface area contributed by atoms with Gasteiger partial charge in [-0.15, -0.1) is 5.10 Å². The molecule has 0 saturated carbocycles. The Balaban J connectivity index is 0.00000274. The molecular formula is C24H30F2N6O. The van der Waals surface area contributed by atoms with Crippen molar-refractivity contribution in [3.05, 3.63) is 59.9 Å². The van der Waals surface area contributed by atoms with Crippen LogP contribution < -0.4 is 10.2 Å². The maximum Gasteiger partial charge on any atom is 0.246 e. The predicted molar refractivity (Wildman–Crippen MR) is 126 cm³/mol. The second-order valence-corrected chi connectivity index (χ2v) is 8.59. The third kappa shape index (κ3) is 4.84. The summed E-state index contributed by atoms with van der Waals surface area (Å²) in [7, 11) is 0. The molecule has 7 nitrogen and oxygen atoms in total. The number of aryl methyl sites for hydroxylation is 1. The molecule has 0 amide bonds. The van der Waals surface area contributed by atoms with Crippen molar-refractivity contribution >= 4 is 17.3 Å². The summed E-state index contributed by atoms with van der Waals surface area (Å²) in [6.45, 7) is 7.91. The van der Waals surface area contributed by atoms with Gasteiger partial charge in [-0.05, 0) is 42.3 Å². The minimum atomic E-state index is -0.917. The number of hydrogen-bond acceptors (Lipinski definition) is 6. The third-order valence-corrected chi connectivity index (χ3v) is 6.25. The lowest BCUT2D eigenvalue weighted by atomic mass is 10.1. The lowest BCUT2D eigenvalue weighted by molar-refractivity contribution is -0.0660. The average molecular weight is 457 g/mol. The lowest BCUT2D eigenvalue weighted by Gasteiger charge is -2.43. The van der Waals surface area contributed by atoms with Crippen molar-refractivity contribution in [2.24, 2.45) is 0 Å². The lowest BCUT2D eigenvalue weighted by Crippen LogP contribution is -2.56. The van der Waals surface area contributed by atoms with Crippen LogP contribution in [0.15, 0.2) is 42.7 Å². The molecule has 2 aliphatic heterocycles. The minimum absolute atomic E-state index is 0. The van der Waals surface area contributed by atoms with Crippen molar-refractivity contribution in [3.63, 3.8) is 0 Å². The van der Waals surface area contributed by atoms with E-state index in [0.717, 1.165) is 70.1 Å². The quantitative estimate of drug-likeness (QED) is 0.580. The van der Waals surface area contributed by atoms with Gasteiger partial charge in [0.2, 0.25) is 5.95 Å². The molecule has 9 heteroatoms. The number of benzene rings is 2. The molecule has 1 aromatic heterocycles. The average Bonchev–Trinajstić information content (AvgIpc) is 3.23. The number of anilines is 3. The van der Waals surface area contributed by atoms with E-state index in [0.29, 0.717) is 17.7 Å². The zero-order chi connectivity index (χ0) is 22.8. The van der Waals surface area contributed by atoms with Crippen LogP contribution in [0.1, 0.15) is 20.3 Å². The van der Waals surface area contributed by atoms with E-state index in [2.05, 4.69) is 50.3 Å². The van der Waals surface area contributed by atoms with E-state index in [9.17, 15) is 8.78 Å². The minimum Gasteiger partial charge on any atom is -0.378 e. The second kappa shape index (κ2) is 9.44. The molecule has 2 aromatic carbocycles. The Morgan fingerprint density at radius 3 is 2.55 bits per heavy atom. The van der Waals surface area contributed by atoms with Crippen molar-refractivity contribution in [1.29, 1.82) is 0 Å². The molecule has 2 aliphatic rings. The summed E-state index contributed by atoms with van der Waals surface area (Å²) in [4.78, 5) is 9.24. The first-order valence-corrected chi connectivity index (χ1v) is 11.4. The normalized spacial score (nSPS) is 17.2. The third-order valence-electron chi connectivity index (χ3n) is 6.25. The second-order valence-electron chi connectivity index (χ2n) is 8.59. The van der Waals surface area contributed by atoms with E-state index in [1.165, 1.54) is 28.3 Å². The molecule has 2 saturated heterocycles. The smallest absolute Gasteiger partial charge is 0.246 e. The summed E-state index contributed by atoms with van der Waals surface area (Å²) >= 11 is 0. The van der Waals surface area contributed by atoms with E-state index < -0.39 is 11.6 Å². The summed E-state index contributed by atoms with van der Waals surface area (Å²) < 4.78 is 33.6. The number of hydrogen-bond donors (Lipinski definition) is 1. The first kappa shape index (κ1) is 21.8. The van der Waals surface area contributed by atoms with E-state index in [4.69, 9.17) is 4.74 Å². The number of ether oxygens (including phenoxy) is 1. The van der Waals surface area contributed by atoms with E-state index in [-0.39, 0.29) is 1.43 Å². The molecule has 0 unspecified atom stereocenters. The highest BCUT2D eigenvalue weighted by Gasteiger charge is 2.29. The molecule has 0 aliphatic carbocycles. The molecule has 0 spiro atoms. The Kier molecular flexibility index (Phi) is 6.24. The highest BCUT2D eigenvalue weighted by atomic mass is 19.2. The highest BCUT2D eigenvalue weighted by Crippen LogP contribution is 2.27. The maximum atomic E-state index is 13.6. The van der Waals surface area contributed by atoms with Gasteiger partial charge in [-0.2, -0.15) is 4.98 Å². The van der Waals surface area contributed by atoms with Crippen molar-refractivity contribution in [3.8, 4) is 5.69 Å². The van der Waals surface area contributed by atoms with Crippen LogP contribution in [0.5, 0.6) is 0 Å². The molecule has 176 valence electrons. The molecular weight excluding hydrogens is 426 g/mol. The Labute approximate surface area is 193 Å². The first-order valence-electron chi connectivity index (χ1n) is 11.4. The number of nitrogens with zero attached hydrogens (tertiary/aromatic N) is 5. The van der Waals surface area contributed by atoms with Crippen LogP contribution in [0, 0.1) is 11.6 Å². The number of halogens is 2. The fourth-order valence-corrected chi connectivity index (χ4v) is 4.34. The van der Waals surface area contributed by atoms with Gasteiger partial charge in [-0.25, -0.2) is 13.5 Å². The van der Waals surface area contributed by atoms with Gasteiger partial charge in [0.05, 0.1) is 24.9 Å². The van der Waals surface area contributed by atoms with Crippen molar-refractivity contribution in [2.75, 3.05) is 49.6 Å².